The van der Waals surface area contributed by atoms with Crippen molar-refractivity contribution in [1.82, 2.24) is 4.68 Å². The third-order valence-corrected chi connectivity index (χ3v) is 5.22. The van der Waals surface area contributed by atoms with Gasteiger partial charge in [-0.05, 0) is 42.1 Å². The van der Waals surface area contributed by atoms with Crippen molar-refractivity contribution < 1.29 is 9.84 Å². The van der Waals surface area contributed by atoms with Crippen molar-refractivity contribution in [2.45, 2.75) is 6.92 Å². The molecule has 0 amide bonds. The Balaban J connectivity index is 2.03. The van der Waals surface area contributed by atoms with Gasteiger partial charge >= 0.3 is 0 Å². The van der Waals surface area contributed by atoms with Gasteiger partial charge in [-0.2, -0.15) is 5.10 Å². The molecule has 0 aliphatic rings. The van der Waals surface area contributed by atoms with Crippen LogP contribution in [0.4, 0.5) is 0 Å². The van der Waals surface area contributed by atoms with Crippen LogP contribution in [-0.2, 0) is 0 Å². The van der Waals surface area contributed by atoms with Crippen LogP contribution >= 0.6 is 22.7 Å². The van der Waals surface area contributed by atoms with E-state index in [1.807, 2.05) is 23.0 Å². The predicted molar refractivity (Wildman–Crippen MR) is 109 cm³/mol. The molecule has 0 unspecified atom stereocenters. The molecule has 5 nitrogen and oxygen atoms in total. The van der Waals surface area contributed by atoms with Crippen molar-refractivity contribution in [1.29, 1.82) is 0 Å². The Morgan fingerprint density at radius 3 is 2.88 bits per heavy atom. The van der Waals surface area contributed by atoms with E-state index in [1.165, 1.54) is 7.11 Å². The minimum absolute atomic E-state index is 0.101. The summed E-state index contributed by atoms with van der Waals surface area (Å²) in [4.78, 5) is 6.53. The number of nitrogens with zero attached hydrogens (tertiary/aromatic N) is 3. The van der Waals surface area contributed by atoms with E-state index in [4.69, 9.17) is 4.74 Å². The molecule has 0 atom stereocenters. The minimum Gasteiger partial charge on any atom is -0.504 e. The summed E-state index contributed by atoms with van der Waals surface area (Å²) in [6, 6.07) is 9.18. The molecule has 3 aromatic rings. The fourth-order valence-electron chi connectivity index (χ4n) is 2.22. The average Bonchev–Trinajstić information content (AvgIpc) is 3.28. The van der Waals surface area contributed by atoms with Gasteiger partial charge in [0, 0.05) is 5.38 Å². The second-order valence-electron chi connectivity index (χ2n) is 5.64. The Morgan fingerprint density at radius 1 is 1.35 bits per heavy atom. The molecule has 0 saturated heterocycles. The van der Waals surface area contributed by atoms with Crippen LogP contribution in [-0.4, -0.2) is 29.7 Å². The summed E-state index contributed by atoms with van der Waals surface area (Å²) in [5.41, 5.74) is 2.81. The third-order valence-electron chi connectivity index (χ3n) is 3.47. The van der Waals surface area contributed by atoms with Crippen molar-refractivity contribution in [3.8, 4) is 22.1 Å². The number of rotatable bonds is 6. The van der Waals surface area contributed by atoms with Crippen LogP contribution in [0.15, 0.2) is 63.3 Å². The van der Waals surface area contributed by atoms with E-state index in [0.717, 1.165) is 26.5 Å². The smallest absolute Gasteiger partial charge is 0.206 e. The van der Waals surface area contributed by atoms with E-state index < -0.39 is 0 Å². The zero-order valence-electron chi connectivity index (χ0n) is 14.5. The van der Waals surface area contributed by atoms with Gasteiger partial charge in [0.1, 0.15) is 0 Å². The molecule has 7 heteroatoms. The molecule has 0 aliphatic carbocycles. The topological polar surface area (TPSA) is 59.1 Å². The minimum atomic E-state index is 0.101. The molecule has 0 spiro atoms. The maximum atomic E-state index is 9.73. The Bertz CT molecular complexity index is 998. The lowest BCUT2D eigenvalue weighted by atomic mass is 10.2. The Labute approximate surface area is 159 Å². The quantitative estimate of drug-likeness (QED) is 0.506. The van der Waals surface area contributed by atoms with Crippen LogP contribution in [0.3, 0.4) is 0 Å². The van der Waals surface area contributed by atoms with E-state index in [0.29, 0.717) is 12.3 Å². The maximum Gasteiger partial charge on any atom is 0.206 e. The molecule has 2 aromatic heterocycles. The van der Waals surface area contributed by atoms with Gasteiger partial charge in [0.05, 0.1) is 30.4 Å². The fraction of sp³-hybridized carbons (Fsp3) is 0.158. The van der Waals surface area contributed by atoms with Crippen molar-refractivity contribution in [3.63, 3.8) is 0 Å². The largest absolute Gasteiger partial charge is 0.504 e. The van der Waals surface area contributed by atoms with Gasteiger partial charge in [-0.3, -0.25) is 4.99 Å². The van der Waals surface area contributed by atoms with Crippen LogP contribution in [0.25, 0.3) is 10.6 Å². The second-order valence-corrected chi connectivity index (χ2v) is 7.43. The predicted octanol–water partition coefficient (Wildman–Crippen LogP) is 4.35. The zero-order valence-corrected chi connectivity index (χ0v) is 16.2. The lowest BCUT2D eigenvalue weighted by Gasteiger charge is -2.04. The van der Waals surface area contributed by atoms with Gasteiger partial charge in [0.15, 0.2) is 11.5 Å². The average molecular weight is 386 g/mol. The molecule has 0 bridgehead atoms. The first-order valence-corrected chi connectivity index (χ1v) is 9.65. The Morgan fingerprint density at radius 2 is 2.19 bits per heavy atom. The molecule has 3 rings (SSSR count). The lowest BCUT2D eigenvalue weighted by molar-refractivity contribution is 0.373. The van der Waals surface area contributed by atoms with E-state index in [2.05, 4.69) is 28.1 Å². The van der Waals surface area contributed by atoms with Gasteiger partial charge in [-0.25, -0.2) is 4.68 Å². The molecule has 26 heavy (non-hydrogen) atoms. The van der Waals surface area contributed by atoms with Crippen molar-refractivity contribution >= 4 is 28.9 Å². The molecular weight excluding hydrogens is 366 g/mol. The van der Waals surface area contributed by atoms with Crippen LogP contribution in [0.1, 0.15) is 12.5 Å². The highest BCUT2D eigenvalue weighted by Gasteiger charge is 2.08. The van der Waals surface area contributed by atoms with E-state index in [1.54, 1.807) is 47.1 Å². The summed E-state index contributed by atoms with van der Waals surface area (Å²) in [5, 5.41) is 18.4. The molecule has 0 saturated carbocycles. The number of phenolic OH excluding ortho intramolecular Hbond substituents is 1. The number of methoxy groups -OCH3 is 1. The van der Waals surface area contributed by atoms with E-state index in [9.17, 15) is 5.11 Å². The number of aromatic hydroxyl groups is 1. The van der Waals surface area contributed by atoms with Crippen LogP contribution < -0.4 is 9.54 Å². The monoisotopic (exact) mass is 385 g/mol. The normalized spacial score (nSPS) is 12.0. The number of aromatic nitrogens is 1. The summed E-state index contributed by atoms with van der Waals surface area (Å²) >= 11 is 3.20. The third kappa shape index (κ3) is 4.12. The molecule has 2 heterocycles. The highest BCUT2D eigenvalue weighted by molar-refractivity contribution is 7.14. The van der Waals surface area contributed by atoms with Gasteiger partial charge in [0.25, 0.3) is 0 Å². The Kier molecular flexibility index (Phi) is 5.70. The molecule has 0 aliphatic heterocycles. The highest BCUT2D eigenvalue weighted by atomic mass is 32.1. The summed E-state index contributed by atoms with van der Waals surface area (Å²) in [6.07, 6.45) is 1.73. The molecular formula is C19H19N3O2S2. The lowest BCUT2D eigenvalue weighted by Crippen LogP contribution is -2.12. The highest BCUT2D eigenvalue weighted by Crippen LogP contribution is 2.27. The van der Waals surface area contributed by atoms with E-state index in [-0.39, 0.29) is 5.75 Å². The second kappa shape index (κ2) is 8.16. The number of thiophene rings is 1. The SMILES string of the molecule is C=C(C)CN=c1scc(-c2cccs2)n1N=Cc1ccc(O)c(OC)c1. The number of hydrogen-bond acceptors (Lipinski definition) is 6. The zero-order chi connectivity index (χ0) is 18.5. The van der Waals surface area contributed by atoms with Crippen LogP contribution in [0.5, 0.6) is 11.5 Å². The number of thiazole rings is 1. The van der Waals surface area contributed by atoms with Crippen molar-refractivity contribution in [2.75, 3.05) is 13.7 Å². The van der Waals surface area contributed by atoms with Crippen LogP contribution in [0.2, 0.25) is 0 Å². The fourth-order valence-corrected chi connectivity index (χ4v) is 3.85. The van der Waals surface area contributed by atoms with E-state index >= 15 is 0 Å². The summed E-state index contributed by atoms with van der Waals surface area (Å²) in [6.45, 7) is 6.42. The summed E-state index contributed by atoms with van der Waals surface area (Å²) in [5.74, 6) is 0.513. The van der Waals surface area contributed by atoms with Gasteiger partial charge < -0.3 is 9.84 Å². The van der Waals surface area contributed by atoms with Gasteiger partial charge in [0.2, 0.25) is 4.80 Å². The van der Waals surface area contributed by atoms with Crippen LogP contribution in [0, 0.1) is 0 Å². The number of ether oxygens (including phenoxy) is 1. The first kappa shape index (κ1) is 18.2. The summed E-state index contributed by atoms with van der Waals surface area (Å²) in [7, 11) is 1.52. The number of benzene rings is 1. The van der Waals surface area contributed by atoms with Gasteiger partial charge in [-0.1, -0.05) is 18.2 Å². The number of phenols is 1. The first-order chi connectivity index (χ1) is 12.6. The van der Waals surface area contributed by atoms with Gasteiger partial charge in [-0.15, -0.1) is 22.7 Å². The molecule has 0 radical (unpaired) electrons. The Hall–Kier alpha value is -2.64. The summed E-state index contributed by atoms with van der Waals surface area (Å²) < 4.78 is 6.98. The maximum absolute atomic E-state index is 9.73. The molecule has 134 valence electrons. The first-order valence-electron chi connectivity index (χ1n) is 7.89. The standard InChI is InChI=1S/C19H19N3O2S2/c1-13(2)10-20-19-22(15(12-26-19)18-5-4-8-25-18)21-11-14-6-7-16(23)17(9-14)24-3/h4-9,11-12,23H,1,10H2,2-3H3. The van der Waals surface area contributed by atoms with Crippen molar-refractivity contribution in [3.05, 3.63) is 63.6 Å². The number of hydrogen-bond donors (Lipinski definition) is 1. The molecule has 0 fully saturated rings. The van der Waals surface area contributed by atoms with Crippen molar-refractivity contribution in [2.24, 2.45) is 10.1 Å². The molecule has 1 N–H and O–H groups in total. The molecule has 1 aromatic carbocycles.